The summed E-state index contributed by atoms with van der Waals surface area (Å²) < 4.78 is 6.08. The molecule has 3 aromatic carbocycles. The number of ether oxygens (including phenoxy) is 1. The molecule has 2 heterocycles. The number of hydrogen-bond acceptors (Lipinski definition) is 6. The Kier molecular flexibility index (Phi) is 5.78. The van der Waals surface area contributed by atoms with Crippen LogP contribution in [0.3, 0.4) is 0 Å². The van der Waals surface area contributed by atoms with Gasteiger partial charge in [0, 0.05) is 35.3 Å². The maximum atomic E-state index is 11.4. The molecule has 0 aliphatic carbocycles. The summed E-state index contributed by atoms with van der Waals surface area (Å²) in [4.78, 5) is 20.7. The molecule has 0 radical (unpaired) electrons. The summed E-state index contributed by atoms with van der Waals surface area (Å²) >= 11 is 0. The number of rotatable bonds is 7. The molecule has 5 aromatic rings. The summed E-state index contributed by atoms with van der Waals surface area (Å²) in [6, 6.07) is 19.5. The summed E-state index contributed by atoms with van der Waals surface area (Å²) in [6.07, 6.45) is 3.61. The molecule has 1 amide bonds. The van der Waals surface area contributed by atoms with Gasteiger partial charge in [-0.25, -0.2) is 9.97 Å². The molecule has 1 atom stereocenters. The monoisotopic (exact) mass is 452 g/mol. The van der Waals surface area contributed by atoms with E-state index in [4.69, 9.17) is 9.72 Å². The van der Waals surface area contributed by atoms with Crippen LogP contribution in [-0.4, -0.2) is 38.7 Å². The van der Waals surface area contributed by atoms with E-state index in [1.54, 1.807) is 6.20 Å². The smallest absolute Gasteiger partial charge is 0.217 e. The molecule has 170 valence electrons. The highest BCUT2D eigenvalue weighted by atomic mass is 16.5. The molecule has 0 saturated heterocycles. The number of hydrogen-bond donors (Lipinski definition) is 3. The Morgan fingerprint density at radius 1 is 1.03 bits per heavy atom. The number of amides is 1. The number of nitrogens with one attached hydrogen (secondary N) is 3. The van der Waals surface area contributed by atoms with Gasteiger partial charge in [-0.05, 0) is 49.4 Å². The van der Waals surface area contributed by atoms with Crippen LogP contribution in [0.5, 0.6) is 5.75 Å². The number of aromatic nitrogens is 4. The van der Waals surface area contributed by atoms with Crippen molar-refractivity contribution in [3.8, 4) is 17.1 Å². The number of carbonyl (C=O) groups is 1. The fourth-order valence-electron chi connectivity index (χ4n) is 3.80. The van der Waals surface area contributed by atoms with E-state index in [-0.39, 0.29) is 11.9 Å². The maximum Gasteiger partial charge on any atom is 0.217 e. The first kappa shape index (κ1) is 21.4. The number of fused-ring (bicyclic) bond motifs is 2. The molecule has 8 heteroatoms. The fourth-order valence-corrected chi connectivity index (χ4v) is 3.80. The van der Waals surface area contributed by atoms with Gasteiger partial charge in [0.2, 0.25) is 5.91 Å². The third kappa shape index (κ3) is 4.66. The minimum atomic E-state index is -0.137. The fraction of sp³-hybridized carbons (Fsp3) is 0.154. The van der Waals surface area contributed by atoms with Crippen molar-refractivity contribution in [1.82, 2.24) is 25.5 Å². The normalized spacial score (nSPS) is 11.9. The first-order chi connectivity index (χ1) is 16.5. The van der Waals surface area contributed by atoms with Crippen LogP contribution in [0.2, 0.25) is 0 Å². The Bertz CT molecular complexity index is 1480. The van der Waals surface area contributed by atoms with E-state index in [0.717, 1.165) is 38.7 Å². The number of nitrogens with zero attached hydrogens (tertiary/aromatic N) is 3. The molecule has 0 aliphatic rings. The Hall–Kier alpha value is -4.46. The Morgan fingerprint density at radius 3 is 2.74 bits per heavy atom. The van der Waals surface area contributed by atoms with Gasteiger partial charge >= 0.3 is 0 Å². The number of para-hydroxylation sites is 1. The highest BCUT2D eigenvalue weighted by Gasteiger charge is 2.14. The van der Waals surface area contributed by atoms with Crippen LogP contribution in [0.15, 0.2) is 73.1 Å². The second-order valence-electron chi connectivity index (χ2n) is 8.17. The van der Waals surface area contributed by atoms with Gasteiger partial charge in [-0.3, -0.25) is 9.89 Å². The zero-order valence-electron chi connectivity index (χ0n) is 18.9. The lowest BCUT2D eigenvalue weighted by atomic mass is 10.1. The zero-order valence-corrected chi connectivity index (χ0v) is 18.9. The minimum Gasteiger partial charge on any atom is -0.491 e. The summed E-state index contributed by atoms with van der Waals surface area (Å²) in [6.45, 7) is 3.71. The molecule has 0 aliphatic heterocycles. The van der Waals surface area contributed by atoms with Crippen LogP contribution in [0.25, 0.3) is 33.2 Å². The van der Waals surface area contributed by atoms with Crippen molar-refractivity contribution in [2.24, 2.45) is 0 Å². The van der Waals surface area contributed by atoms with E-state index in [2.05, 4.69) is 25.8 Å². The van der Waals surface area contributed by atoms with Crippen molar-refractivity contribution in [3.63, 3.8) is 0 Å². The van der Waals surface area contributed by atoms with Crippen molar-refractivity contribution >= 4 is 39.1 Å². The van der Waals surface area contributed by atoms with E-state index in [1.807, 2.05) is 73.8 Å². The van der Waals surface area contributed by atoms with Crippen molar-refractivity contribution in [2.45, 2.75) is 19.9 Å². The lowest BCUT2D eigenvalue weighted by Crippen LogP contribution is -2.35. The number of benzene rings is 3. The van der Waals surface area contributed by atoms with E-state index in [0.29, 0.717) is 18.2 Å². The maximum absolute atomic E-state index is 11.4. The van der Waals surface area contributed by atoms with Crippen molar-refractivity contribution in [3.05, 3.63) is 73.1 Å². The molecule has 34 heavy (non-hydrogen) atoms. The van der Waals surface area contributed by atoms with Crippen LogP contribution in [0.4, 0.5) is 11.4 Å². The zero-order chi connectivity index (χ0) is 23.5. The first-order valence-electron chi connectivity index (χ1n) is 11.0. The molecule has 8 nitrogen and oxygen atoms in total. The summed E-state index contributed by atoms with van der Waals surface area (Å²) in [5.74, 6) is 1.11. The minimum absolute atomic E-state index is 0.0941. The molecule has 0 spiro atoms. The average molecular weight is 453 g/mol. The number of anilines is 2. The molecular weight excluding hydrogens is 428 g/mol. The van der Waals surface area contributed by atoms with Crippen molar-refractivity contribution in [1.29, 1.82) is 0 Å². The van der Waals surface area contributed by atoms with Crippen LogP contribution >= 0.6 is 0 Å². The topological polar surface area (TPSA) is 105 Å². The van der Waals surface area contributed by atoms with Gasteiger partial charge in [0.05, 0.1) is 28.8 Å². The van der Waals surface area contributed by atoms with Gasteiger partial charge in [0.1, 0.15) is 12.4 Å². The van der Waals surface area contributed by atoms with Gasteiger partial charge in [0.15, 0.2) is 5.82 Å². The van der Waals surface area contributed by atoms with Gasteiger partial charge in [-0.2, -0.15) is 5.10 Å². The number of H-pyrrole nitrogens is 1. The van der Waals surface area contributed by atoms with Gasteiger partial charge in [-0.1, -0.05) is 18.2 Å². The lowest BCUT2D eigenvalue weighted by Gasteiger charge is -2.17. The van der Waals surface area contributed by atoms with Gasteiger partial charge in [-0.15, -0.1) is 0 Å². The second-order valence-corrected chi connectivity index (χ2v) is 8.17. The largest absolute Gasteiger partial charge is 0.491 e. The van der Waals surface area contributed by atoms with E-state index in [1.165, 1.54) is 6.92 Å². The highest BCUT2D eigenvalue weighted by molar-refractivity contribution is 5.84. The quantitative estimate of drug-likeness (QED) is 0.327. The SMILES string of the molecule is CC(=O)NC(C)COc1ccc(Nc2ccc3[nH]ncc3c2)cc1-c1ncc2ccccc2n1. The molecule has 0 fully saturated rings. The van der Waals surface area contributed by atoms with E-state index < -0.39 is 0 Å². The van der Waals surface area contributed by atoms with E-state index >= 15 is 0 Å². The molecule has 5 rings (SSSR count). The Morgan fingerprint density at radius 2 is 1.85 bits per heavy atom. The molecule has 0 bridgehead atoms. The molecule has 0 saturated carbocycles. The van der Waals surface area contributed by atoms with Crippen LogP contribution in [0.1, 0.15) is 13.8 Å². The molecule has 2 aromatic heterocycles. The number of carbonyl (C=O) groups excluding carboxylic acids is 1. The molecule has 3 N–H and O–H groups in total. The average Bonchev–Trinajstić information content (AvgIpc) is 3.30. The third-order valence-corrected chi connectivity index (χ3v) is 5.38. The van der Waals surface area contributed by atoms with Gasteiger partial charge < -0.3 is 15.4 Å². The van der Waals surface area contributed by atoms with Crippen LogP contribution in [0, 0.1) is 0 Å². The van der Waals surface area contributed by atoms with Crippen molar-refractivity contribution < 1.29 is 9.53 Å². The third-order valence-electron chi connectivity index (χ3n) is 5.38. The lowest BCUT2D eigenvalue weighted by molar-refractivity contribution is -0.119. The number of aromatic amines is 1. The predicted molar refractivity (Wildman–Crippen MR) is 133 cm³/mol. The summed E-state index contributed by atoms with van der Waals surface area (Å²) in [7, 11) is 0. The van der Waals surface area contributed by atoms with Crippen molar-refractivity contribution in [2.75, 3.05) is 11.9 Å². The van der Waals surface area contributed by atoms with Crippen LogP contribution < -0.4 is 15.4 Å². The molecular formula is C26H24N6O2. The standard InChI is InChI=1S/C26H24N6O2/c1-16(29-17(2)33)15-34-25-10-8-21(30-20-7-9-24-19(11-20)14-28-32-24)12-22(25)26-27-13-18-5-3-4-6-23(18)31-26/h3-14,16,30H,15H2,1-2H3,(H,28,32)(H,29,33). The highest BCUT2D eigenvalue weighted by Crippen LogP contribution is 2.33. The second kappa shape index (κ2) is 9.19. The summed E-state index contributed by atoms with van der Waals surface area (Å²) in [5, 5.41) is 15.3. The summed E-state index contributed by atoms with van der Waals surface area (Å²) in [5.41, 5.74) is 4.40. The first-order valence-corrected chi connectivity index (χ1v) is 11.0. The Labute approximate surface area is 196 Å². The Balaban J connectivity index is 1.49. The molecule has 1 unspecified atom stereocenters. The van der Waals surface area contributed by atoms with Gasteiger partial charge in [0.25, 0.3) is 0 Å². The van der Waals surface area contributed by atoms with Crippen LogP contribution in [-0.2, 0) is 4.79 Å². The van der Waals surface area contributed by atoms with E-state index in [9.17, 15) is 4.79 Å². The predicted octanol–water partition coefficient (Wildman–Crippen LogP) is 4.82.